The van der Waals surface area contributed by atoms with Crippen LogP contribution < -0.4 is 14.9 Å². The molecule has 150 valence electrons. The van der Waals surface area contributed by atoms with Crippen LogP contribution in [0, 0.1) is 0 Å². The van der Waals surface area contributed by atoms with Gasteiger partial charge in [-0.2, -0.15) is 13.2 Å². The van der Waals surface area contributed by atoms with Crippen LogP contribution in [0.2, 0.25) is 0 Å². The van der Waals surface area contributed by atoms with E-state index < -0.39 is 24.2 Å². The molecule has 1 aromatic carbocycles. The number of benzene rings is 1. The average Bonchev–Trinajstić information content (AvgIpc) is 2.63. The molecule has 0 amide bonds. The largest absolute Gasteiger partial charge is 0.493 e. The third kappa shape index (κ3) is 3.69. The second kappa shape index (κ2) is 7.21. The molecule has 0 aliphatic carbocycles. The Morgan fingerprint density at radius 2 is 2.00 bits per heavy atom. The zero-order chi connectivity index (χ0) is 20.6. The number of hydrogen-bond acceptors (Lipinski definition) is 4. The van der Waals surface area contributed by atoms with Gasteiger partial charge in [-0.15, -0.1) is 0 Å². The number of aromatic carboxylic acids is 1. The molecule has 0 saturated heterocycles. The van der Waals surface area contributed by atoms with Gasteiger partial charge in [-0.3, -0.25) is 4.79 Å². The highest BCUT2D eigenvalue weighted by Crippen LogP contribution is 2.42. The van der Waals surface area contributed by atoms with Crippen LogP contribution in [0.3, 0.4) is 0 Å². The van der Waals surface area contributed by atoms with Crippen LogP contribution in [0.1, 0.15) is 35.3 Å². The molecule has 2 heterocycles. The first-order chi connectivity index (χ1) is 13.1. The molecule has 2 aromatic rings. The predicted molar refractivity (Wildman–Crippen MR) is 94.2 cm³/mol. The van der Waals surface area contributed by atoms with E-state index in [1.54, 1.807) is 4.57 Å². The van der Waals surface area contributed by atoms with Crippen LogP contribution in [0.25, 0.3) is 11.3 Å². The summed E-state index contributed by atoms with van der Waals surface area (Å²) in [5.41, 5.74) is 0.812. The van der Waals surface area contributed by atoms with E-state index in [1.165, 1.54) is 31.5 Å². The number of carboxylic acids is 1. The lowest BCUT2D eigenvalue weighted by Gasteiger charge is -2.31. The maximum atomic E-state index is 12.5. The maximum absolute atomic E-state index is 12.5. The van der Waals surface area contributed by atoms with Crippen molar-refractivity contribution in [2.75, 3.05) is 13.7 Å². The summed E-state index contributed by atoms with van der Waals surface area (Å²) in [7, 11) is 1.31. The van der Waals surface area contributed by atoms with Crippen LogP contribution in [0.15, 0.2) is 29.2 Å². The molecular formula is C19H18F3NO5. The van der Waals surface area contributed by atoms with Crippen LogP contribution in [-0.4, -0.2) is 35.5 Å². The standard InChI is InChI=1S/C19H18F3NO5/c1-3-11-4-10-5-17(28-9-19(20,21)22)16(27-2)6-12(10)14-7-15(24)13(18(25)26)8-23(11)14/h5-8,11H,3-4,9H2,1-2H3,(H,25,26)/t11-/m0/s1. The number of halogens is 3. The van der Waals surface area contributed by atoms with E-state index in [0.29, 0.717) is 29.7 Å². The number of hydrogen-bond donors (Lipinski definition) is 1. The highest BCUT2D eigenvalue weighted by molar-refractivity contribution is 5.87. The number of ether oxygens (including phenoxy) is 2. The molecule has 28 heavy (non-hydrogen) atoms. The Morgan fingerprint density at radius 1 is 1.29 bits per heavy atom. The smallest absolute Gasteiger partial charge is 0.422 e. The monoisotopic (exact) mass is 397 g/mol. The fourth-order valence-electron chi connectivity index (χ4n) is 3.36. The van der Waals surface area contributed by atoms with E-state index in [-0.39, 0.29) is 23.1 Å². The third-order valence-electron chi connectivity index (χ3n) is 4.69. The molecule has 0 radical (unpaired) electrons. The van der Waals surface area contributed by atoms with E-state index in [1.807, 2.05) is 6.92 Å². The summed E-state index contributed by atoms with van der Waals surface area (Å²) in [6.07, 6.45) is -2.08. The van der Waals surface area contributed by atoms with E-state index in [2.05, 4.69) is 0 Å². The third-order valence-corrected chi connectivity index (χ3v) is 4.69. The van der Waals surface area contributed by atoms with Crippen molar-refractivity contribution in [3.8, 4) is 22.8 Å². The topological polar surface area (TPSA) is 77.8 Å². The summed E-state index contributed by atoms with van der Waals surface area (Å²) in [5, 5.41) is 9.22. The summed E-state index contributed by atoms with van der Waals surface area (Å²) in [5.74, 6) is -1.25. The van der Waals surface area contributed by atoms with Crippen LogP contribution in [-0.2, 0) is 6.42 Å². The second-order valence-electron chi connectivity index (χ2n) is 6.48. The summed E-state index contributed by atoms with van der Waals surface area (Å²) in [4.78, 5) is 23.5. The summed E-state index contributed by atoms with van der Waals surface area (Å²) < 4.78 is 49.4. The number of methoxy groups -OCH3 is 1. The first-order valence-electron chi connectivity index (χ1n) is 8.55. The molecule has 3 rings (SSSR count). The van der Waals surface area contributed by atoms with Gasteiger partial charge in [-0.25, -0.2) is 4.79 Å². The van der Waals surface area contributed by atoms with Crippen LogP contribution in [0.5, 0.6) is 11.5 Å². The highest BCUT2D eigenvalue weighted by Gasteiger charge is 2.31. The van der Waals surface area contributed by atoms with Crippen molar-refractivity contribution in [1.82, 2.24) is 4.57 Å². The fourth-order valence-corrected chi connectivity index (χ4v) is 3.36. The Bertz CT molecular complexity index is 981. The van der Waals surface area contributed by atoms with Gasteiger partial charge in [0, 0.05) is 23.9 Å². The predicted octanol–water partition coefficient (Wildman–Crippen LogP) is 3.67. The number of pyridine rings is 1. The van der Waals surface area contributed by atoms with Crippen molar-refractivity contribution in [2.24, 2.45) is 0 Å². The molecule has 0 saturated carbocycles. The van der Waals surface area contributed by atoms with Crippen molar-refractivity contribution in [1.29, 1.82) is 0 Å². The maximum Gasteiger partial charge on any atom is 0.422 e. The van der Waals surface area contributed by atoms with Gasteiger partial charge in [0.1, 0.15) is 5.56 Å². The number of fused-ring (bicyclic) bond motifs is 3. The summed E-state index contributed by atoms with van der Waals surface area (Å²) >= 11 is 0. The van der Waals surface area contributed by atoms with Gasteiger partial charge in [0.25, 0.3) is 0 Å². The van der Waals surface area contributed by atoms with E-state index in [9.17, 15) is 27.9 Å². The minimum atomic E-state index is -4.49. The van der Waals surface area contributed by atoms with Crippen molar-refractivity contribution in [3.63, 3.8) is 0 Å². The lowest BCUT2D eigenvalue weighted by Crippen LogP contribution is -2.25. The van der Waals surface area contributed by atoms with Crippen molar-refractivity contribution < 1.29 is 32.5 Å². The minimum Gasteiger partial charge on any atom is -0.493 e. The molecule has 1 atom stereocenters. The first kappa shape index (κ1) is 19.8. The zero-order valence-corrected chi connectivity index (χ0v) is 15.2. The van der Waals surface area contributed by atoms with Crippen LogP contribution in [0.4, 0.5) is 13.2 Å². The average molecular weight is 397 g/mol. The second-order valence-corrected chi connectivity index (χ2v) is 6.48. The van der Waals surface area contributed by atoms with Gasteiger partial charge < -0.3 is 19.1 Å². The Labute approximate surface area is 158 Å². The van der Waals surface area contributed by atoms with Gasteiger partial charge in [0.15, 0.2) is 23.5 Å². The van der Waals surface area contributed by atoms with E-state index in [4.69, 9.17) is 9.47 Å². The quantitative estimate of drug-likeness (QED) is 0.833. The summed E-state index contributed by atoms with van der Waals surface area (Å²) in [6.45, 7) is 0.458. The van der Waals surface area contributed by atoms with Gasteiger partial charge in [-0.05, 0) is 30.5 Å². The SMILES string of the molecule is CC[C@H]1Cc2cc(OCC(F)(F)F)c(OC)cc2-c2cc(=O)c(C(=O)O)cn21. The molecule has 0 unspecified atom stereocenters. The van der Waals surface area contributed by atoms with Crippen molar-refractivity contribution >= 4 is 5.97 Å². The zero-order valence-electron chi connectivity index (χ0n) is 15.2. The minimum absolute atomic E-state index is 0.0358. The molecule has 6 nitrogen and oxygen atoms in total. The van der Waals surface area contributed by atoms with Crippen molar-refractivity contribution in [3.05, 3.63) is 45.7 Å². The fraction of sp³-hybridized carbons (Fsp3) is 0.368. The molecule has 1 aliphatic rings. The lowest BCUT2D eigenvalue weighted by atomic mass is 9.90. The van der Waals surface area contributed by atoms with E-state index in [0.717, 1.165) is 0 Å². The number of aromatic nitrogens is 1. The Hall–Kier alpha value is -2.97. The van der Waals surface area contributed by atoms with Crippen molar-refractivity contribution in [2.45, 2.75) is 32.0 Å². The molecule has 1 aliphatic heterocycles. The van der Waals surface area contributed by atoms with E-state index >= 15 is 0 Å². The van der Waals surface area contributed by atoms with Gasteiger partial charge in [-0.1, -0.05) is 6.92 Å². The number of rotatable bonds is 5. The number of alkyl halides is 3. The number of carboxylic acid groups (broad SMARTS) is 1. The molecule has 1 aromatic heterocycles. The van der Waals surface area contributed by atoms with Gasteiger partial charge in [0.2, 0.25) is 0 Å². The first-order valence-corrected chi connectivity index (χ1v) is 8.55. The molecule has 0 spiro atoms. The molecule has 9 heteroatoms. The van der Waals surface area contributed by atoms with Crippen LogP contribution >= 0.6 is 0 Å². The molecule has 0 bridgehead atoms. The summed E-state index contributed by atoms with van der Waals surface area (Å²) in [6, 6.07) is 4.09. The Morgan fingerprint density at radius 3 is 2.57 bits per heavy atom. The molecule has 1 N–H and O–H groups in total. The van der Waals surface area contributed by atoms with Gasteiger partial charge in [0.05, 0.1) is 12.8 Å². The molecule has 0 fully saturated rings. The lowest BCUT2D eigenvalue weighted by molar-refractivity contribution is -0.153. The van der Waals surface area contributed by atoms with Gasteiger partial charge >= 0.3 is 12.1 Å². The number of nitrogens with zero attached hydrogens (tertiary/aromatic N) is 1. The Kier molecular flexibility index (Phi) is 5.10. The molecular weight excluding hydrogens is 379 g/mol. The highest BCUT2D eigenvalue weighted by atomic mass is 19.4. The Balaban J connectivity index is 2.15. The number of carbonyl (C=O) groups is 1. The normalized spacial score (nSPS) is 15.5.